The first-order valence-corrected chi connectivity index (χ1v) is 8.95. The van der Waals surface area contributed by atoms with Crippen LogP contribution in [0.15, 0.2) is 35.6 Å². The minimum Gasteiger partial charge on any atom is -0.385 e. The topological polar surface area (TPSA) is 73.4 Å². The molecule has 1 aromatic carbocycles. The molecule has 0 spiro atoms. The Hall–Kier alpha value is -2.59. The quantitative estimate of drug-likeness (QED) is 0.696. The van der Waals surface area contributed by atoms with E-state index < -0.39 is 41.4 Å². The fraction of sp³-hybridized carbons (Fsp3) is 0.316. The van der Waals surface area contributed by atoms with Crippen LogP contribution in [0.5, 0.6) is 0 Å². The lowest BCUT2D eigenvalue weighted by atomic mass is 9.88. The van der Waals surface area contributed by atoms with Gasteiger partial charge in [0.1, 0.15) is 28.0 Å². The summed E-state index contributed by atoms with van der Waals surface area (Å²) in [5.41, 5.74) is 1.26. The number of aliphatic imine (C=N–C) groups is 1. The van der Waals surface area contributed by atoms with Gasteiger partial charge in [-0.25, -0.2) is 18.7 Å². The Balaban J connectivity index is 2.00. The molecule has 0 saturated carbocycles. The van der Waals surface area contributed by atoms with Crippen molar-refractivity contribution < 1.29 is 26.7 Å². The van der Waals surface area contributed by atoms with Gasteiger partial charge in [-0.15, -0.1) is 0 Å². The highest BCUT2D eigenvalue weighted by Crippen LogP contribution is 2.41. The summed E-state index contributed by atoms with van der Waals surface area (Å²) in [5.74, 6) is -2.35. The number of amidine groups is 1. The monoisotopic (exact) mass is 446 g/mol. The number of halogens is 6. The molecular formula is C19H16ClF5N4O. The molecular weight excluding hydrogens is 431 g/mol. The summed E-state index contributed by atoms with van der Waals surface area (Å²) in [6.07, 6.45) is -1.44. The normalized spacial score (nSPS) is 25.2. The van der Waals surface area contributed by atoms with Gasteiger partial charge in [0.05, 0.1) is 19.0 Å². The molecule has 11 heteroatoms. The zero-order chi connectivity index (χ0) is 22.3. The first kappa shape index (κ1) is 22.1. The number of hydrogen-bond acceptors (Lipinski definition) is 5. The van der Waals surface area contributed by atoms with Gasteiger partial charge in [-0.05, 0) is 37.6 Å². The minimum absolute atomic E-state index is 0.0853. The molecule has 2 atom stereocenters. The van der Waals surface area contributed by atoms with Crippen LogP contribution in [-0.4, -0.2) is 34.2 Å². The van der Waals surface area contributed by atoms with Gasteiger partial charge in [-0.3, -0.25) is 4.99 Å². The van der Waals surface area contributed by atoms with Crippen molar-refractivity contribution in [2.45, 2.75) is 31.2 Å². The molecule has 0 aliphatic carbocycles. The van der Waals surface area contributed by atoms with Crippen LogP contribution in [-0.2, 0) is 10.3 Å². The summed E-state index contributed by atoms with van der Waals surface area (Å²) in [7, 11) is 0. The lowest BCUT2D eigenvalue weighted by Gasteiger charge is -2.41. The summed E-state index contributed by atoms with van der Waals surface area (Å²) < 4.78 is 73.8. The van der Waals surface area contributed by atoms with Gasteiger partial charge in [-0.2, -0.15) is 13.2 Å². The van der Waals surface area contributed by atoms with Crippen LogP contribution < -0.4 is 5.73 Å². The van der Waals surface area contributed by atoms with Crippen molar-refractivity contribution in [3.63, 3.8) is 0 Å². The van der Waals surface area contributed by atoms with Crippen molar-refractivity contribution >= 4 is 29.3 Å². The van der Waals surface area contributed by atoms with Gasteiger partial charge in [-0.1, -0.05) is 17.7 Å². The van der Waals surface area contributed by atoms with Crippen molar-refractivity contribution in [2.75, 3.05) is 6.61 Å². The molecule has 0 bridgehead atoms. The third kappa shape index (κ3) is 4.01. The fourth-order valence-corrected chi connectivity index (χ4v) is 2.93. The molecule has 1 aliphatic rings. The molecule has 2 N–H and O–H groups in total. The van der Waals surface area contributed by atoms with E-state index in [9.17, 15) is 22.0 Å². The number of rotatable bonds is 3. The van der Waals surface area contributed by atoms with Crippen molar-refractivity contribution in [2.24, 2.45) is 10.7 Å². The number of aromatic nitrogens is 2. The van der Waals surface area contributed by atoms with Crippen LogP contribution in [0.2, 0.25) is 5.15 Å². The lowest BCUT2D eigenvalue weighted by Crippen LogP contribution is -2.60. The van der Waals surface area contributed by atoms with E-state index in [-0.39, 0.29) is 22.0 Å². The molecule has 0 fully saturated rings. The highest BCUT2D eigenvalue weighted by atomic mass is 35.5. The predicted octanol–water partition coefficient (Wildman–Crippen LogP) is 4.66. The number of alkyl halides is 3. The van der Waals surface area contributed by atoms with E-state index in [4.69, 9.17) is 22.1 Å². The summed E-state index contributed by atoms with van der Waals surface area (Å²) in [6.45, 7) is 1.55. The second-order valence-electron chi connectivity index (χ2n) is 7.05. The van der Waals surface area contributed by atoms with Crippen LogP contribution >= 0.6 is 11.6 Å². The van der Waals surface area contributed by atoms with E-state index in [1.165, 1.54) is 19.1 Å². The van der Waals surface area contributed by atoms with Crippen LogP contribution in [0, 0.1) is 5.82 Å². The number of ether oxygens (including phenoxy) is 1. The second kappa shape index (κ2) is 7.59. The lowest BCUT2D eigenvalue weighted by molar-refractivity contribution is -0.249. The first-order valence-electron chi connectivity index (χ1n) is 8.57. The van der Waals surface area contributed by atoms with E-state index >= 15 is 0 Å². The Labute approximate surface area is 173 Å². The molecule has 0 saturated heterocycles. The van der Waals surface area contributed by atoms with Crippen molar-refractivity contribution in [3.8, 4) is 0 Å². The summed E-state index contributed by atoms with van der Waals surface area (Å²) in [6, 6.07) is 3.60. The number of hydrogen-bond donors (Lipinski definition) is 1. The predicted molar refractivity (Wildman–Crippen MR) is 102 cm³/mol. The zero-order valence-electron chi connectivity index (χ0n) is 15.8. The zero-order valence-corrected chi connectivity index (χ0v) is 16.5. The molecule has 160 valence electrons. The smallest absolute Gasteiger partial charge is 0.385 e. The molecule has 30 heavy (non-hydrogen) atoms. The van der Waals surface area contributed by atoms with Crippen molar-refractivity contribution in [1.82, 2.24) is 9.97 Å². The van der Waals surface area contributed by atoms with Gasteiger partial charge in [0.2, 0.25) is 5.60 Å². The number of benzene rings is 1. The number of nitrogens with zero attached hydrogens (tertiary/aromatic N) is 3. The summed E-state index contributed by atoms with van der Waals surface area (Å²) >= 11 is 5.61. The molecule has 0 amide bonds. The molecule has 5 nitrogen and oxygen atoms in total. The molecule has 3 rings (SSSR count). The molecule has 2 heterocycles. The van der Waals surface area contributed by atoms with Crippen molar-refractivity contribution in [1.29, 1.82) is 0 Å². The Morgan fingerprint density at radius 3 is 2.50 bits per heavy atom. The second-order valence-corrected chi connectivity index (χ2v) is 7.43. The molecule has 0 radical (unpaired) electrons. The molecule has 1 aromatic heterocycles. The van der Waals surface area contributed by atoms with Gasteiger partial charge in [0, 0.05) is 5.56 Å². The molecule has 1 unspecified atom stereocenters. The van der Waals surface area contributed by atoms with Gasteiger partial charge in [0.15, 0.2) is 5.83 Å². The van der Waals surface area contributed by atoms with Crippen molar-refractivity contribution in [3.05, 3.63) is 58.4 Å². The van der Waals surface area contributed by atoms with E-state index in [0.29, 0.717) is 0 Å². The van der Waals surface area contributed by atoms with Gasteiger partial charge in [0.25, 0.3) is 0 Å². The Morgan fingerprint density at radius 1 is 1.23 bits per heavy atom. The SMILES string of the molecule is CC1(c2cc(/C=C(\F)c3cnc(Cl)cn3)ccc2F)CO[C@@](C)(C(F)(F)F)C(N)=N1. The van der Waals surface area contributed by atoms with Gasteiger partial charge >= 0.3 is 6.18 Å². The first-order chi connectivity index (χ1) is 13.9. The maximum atomic E-state index is 14.5. The highest BCUT2D eigenvalue weighted by molar-refractivity contribution is 6.29. The highest BCUT2D eigenvalue weighted by Gasteiger charge is 2.59. The standard InChI is InChI=1S/C19H16ClF5N4O/c1-17(9-30-18(2,16(26)29-17)19(23,24)25)11-5-10(3-4-12(11)21)6-13(22)14-7-28-15(20)8-27-14/h3-8H,9H2,1-2H3,(H2,26,29)/b13-6-/t17?,18-/m1/s1. The van der Waals surface area contributed by atoms with Crippen LogP contribution in [0.1, 0.15) is 30.7 Å². The third-order valence-electron chi connectivity index (χ3n) is 4.77. The van der Waals surface area contributed by atoms with Crippen LogP contribution in [0.25, 0.3) is 11.9 Å². The molecule has 1 aliphatic heterocycles. The maximum Gasteiger partial charge on any atom is 0.424 e. The van der Waals surface area contributed by atoms with Crippen LogP contribution in [0.3, 0.4) is 0 Å². The van der Waals surface area contributed by atoms with Crippen LogP contribution in [0.4, 0.5) is 22.0 Å². The van der Waals surface area contributed by atoms with E-state index in [2.05, 4.69) is 15.0 Å². The Kier molecular flexibility index (Phi) is 5.59. The fourth-order valence-electron chi connectivity index (χ4n) is 2.83. The largest absolute Gasteiger partial charge is 0.424 e. The summed E-state index contributed by atoms with van der Waals surface area (Å²) in [4.78, 5) is 11.4. The van der Waals surface area contributed by atoms with Gasteiger partial charge < -0.3 is 10.5 Å². The average molecular weight is 447 g/mol. The maximum absolute atomic E-state index is 14.5. The number of nitrogens with two attached hydrogens (primary N) is 1. The van der Waals surface area contributed by atoms with E-state index in [1.54, 1.807) is 0 Å². The minimum atomic E-state index is -4.80. The Morgan fingerprint density at radius 2 is 1.93 bits per heavy atom. The third-order valence-corrected chi connectivity index (χ3v) is 4.96. The van der Waals surface area contributed by atoms with E-state index in [0.717, 1.165) is 31.5 Å². The molecule has 2 aromatic rings. The Bertz CT molecular complexity index is 1020. The summed E-state index contributed by atoms with van der Waals surface area (Å²) in [5, 5.41) is 0.0853. The average Bonchev–Trinajstić information content (AvgIpc) is 2.66. The van der Waals surface area contributed by atoms with E-state index in [1.807, 2.05) is 0 Å².